The summed E-state index contributed by atoms with van der Waals surface area (Å²) in [7, 11) is 1.72. The molecular formula is C12H21N3O. The highest BCUT2D eigenvalue weighted by molar-refractivity contribution is 5.40. The Labute approximate surface area is 97.4 Å². The lowest BCUT2D eigenvalue weighted by molar-refractivity contribution is 0.181. The molecule has 90 valence electrons. The van der Waals surface area contributed by atoms with Crippen LogP contribution in [-0.2, 0) is 11.3 Å². The fraction of sp³-hybridized carbons (Fsp3) is 0.583. The Kier molecular flexibility index (Phi) is 5.22. The minimum absolute atomic E-state index is 0.315. The van der Waals surface area contributed by atoms with Gasteiger partial charge in [0.25, 0.3) is 0 Å². The Bertz CT molecular complexity index is 317. The van der Waals surface area contributed by atoms with Crippen molar-refractivity contribution < 1.29 is 4.74 Å². The molecule has 0 spiro atoms. The topological polar surface area (TPSA) is 51.4 Å². The number of aromatic nitrogens is 1. The number of hydrogen-bond acceptors (Lipinski definition) is 4. The van der Waals surface area contributed by atoms with Crippen LogP contribution < -0.4 is 10.6 Å². The normalized spacial score (nSPS) is 12.5. The second kappa shape index (κ2) is 6.45. The summed E-state index contributed by atoms with van der Waals surface area (Å²) in [5, 5.41) is 0. The first-order valence-corrected chi connectivity index (χ1v) is 5.64. The van der Waals surface area contributed by atoms with Gasteiger partial charge in [0.05, 0.1) is 18.3 Å². The van der Waals surface area contributed by atoms with Crippen LogP contribution in [0.25, 0.3) is 0 Å². The Balaban J connectivity index is 2.85. The predicted octanol–water partition coefficient (Wildman–Crippen LogP) is 1.40. The Morgan fingerprint density at radius 1 is 1.50 bits per heavy atom. The molecule has 16 heavy (non-hydrogen) atoms. The van der Waals surface area contributed by atoms with E-state index in [1.54, 1.807) is 7.11 Å². The molecular weight excluding hydrogens is 202 g/mol. The zero-order valence-electron chi connectivity index (χ0n) is 10.3. The number of anilines is 1. The van der Waals surface area contributed by atoms with Crippen LogP contribution in [0, 0.1) is 0 Å². The van der Waals surface area contributed by atoms with E-state index < -0.39 is 0 Å². The average molecular weight is 223 g/mol. The van der Waals surface area contributed by atoms with Gasteiger partial charge in [-0.15, -0.1) is 0 Å². The molecule has 2 N–H and O–H groups in total. The monoisotopic (exact) mass is 223 g/mol. The van der Waals surface area contributed by atoms with Gasteiger partial charge < -0.3 is 15.4 Å². The van der Waals surface area contributed by atoms with E-state index in [9.17, 15) is 0 Å². The molecule has 1 aromatic heterocycles. The van der Waals surface area contributed by atoms with Crippen LogP contribution >= 0.6 is 0 Å². The first-order chi connectivity index (χ1) is 7.72. The molecule has 0 bridgehead atoms. The van der Waals surface area contributed by atoms with E-state index in [1.165, 1.54) is 0 Å². The van der Waals surface area contributed by atoms with Crippen molar-refractivity contribution in [3.8, 4) is 0 Å². The van der Waals surface area contributed by atoms with Crippen LogP contribution in [0.4, 0.5) is 5.82 Å². The highest BCUT2D eigenvalue weighted by Gasteiger charge is 2.13. The summed E-state index contributed by atoms with van der Waals surface area (Å²) >= 11 is 0. The number of nitrogens with zero attached hydrogens (tertiary/aromatic N) is 2. The molecule has 0 fully saturated rings. The summed E-state index contributed by atoms with van der Waals surface area (Å²) in [5.41, 5.74) is 6.51. The van der Waals surface area contributed by atoms with Crippen molar-refractivity contribution in [2.45, 2.75) is 26.4 Å². The minimum Gasteiger partial charge on any atom is -0.383 e. The predicted molar refractivity (Wildman–Crippen MR) is 66.5 cm³/mol. The number of likely N-dealkylation sites (N-methyl/N-ethyl adjacent to an activating group) is 1. The molecule has 0 aliphatic rings. The summed E-state index contributed by atoms with van der Waals surface area (Å²) in [4.78, 5) is 6.72. The smallest absolute Gasteiger partial charge is 0.129 e. The van der Waals surface area contributed by atoms with Gasteiger partial charge in [-0.05, 0) is 26.0 Å². The summed E-state index contributed by atoms with van der Waals surface area (Å²) < 4.78 is 5.17. The number of pyridine rings is 1. The van der Waals surface area contributed by atoms with Crippen molar-refractivity contribution in [3.63, 3.8) is 0 Å². The van der Waals surface area contributed by atoms with E-state index in [0.29, 0.717) is 19.2 Å². The lowest BCUT2D eigenvalue weighted by Gasteiger charge is -2.28. The van der Waals surface area contributed by atoms with Crippen LogP contribution in [0.1, 0.15) is 19.5 Å². The number of ether oxygens (including phenoxy) is 1. The second-order valence-electron chi connectivity index (χ2n) is 3.78. The molecule has 4 nitrogen and oxygen atoms in total. The number of methoxy groups -OCH3 is 1. The standard InChI is InChI=1S/C12H21N3O/c1-4-15(10(2)9-16-3)12-7-5-6-11(8-13)14-12/h5-7,10H,4,8-9,13H2,1-3H3. The molecule has 1 heterocycles. The third-order valence-corrected chi connectivity index (χ3v) is 2.58. The third kappa shape index (κ3) is 3.18. The molecule has 0 amide bonds. The highest BCUT2D eigenvalue weighted by atomic mass is 16.5. The van der Waals surface area contributed by atoms with Gasteiger partial charge in [0.2, 0.25) is 0 Å². The molecule has 0 saturated heterocycles. The zero-order chi connectivity index (χ0) is 12.0. The van der Waals surface area contributed by atoms with Gasteiger partial charge in [0.1, 0.15) is 5.82 Å². The first-order valence-electron chi connectivity index (χ1n) is 5.64. The maximum atomic E-state index is 5.59. The summed E-state index contributed by atoms with van der Waals surface area (Å²) in [5.74, 6) is 0.968. The lowest BCUT2D eigenvalue weighted by atomic mass is 10.2. The third-order valence-electron chi connectivity index (χ3n) is 2.58. The Morgan fingerprint density at radius 3 is 2.81 bits per heavy atom. The molecule has 0 saturated carbocycles. The molecule has 1 unspecified atom stereocenters. The largest absolute Gasteiger partial charge is 0.383 e. The maximum absolute atomic E-state index is 5.59. The van der Waals surface area contributed by atoms with Crippen LogP contribution in [0.3, 0.4) is 0 Å². The van der Waals surface area contributed by atoms with E-state index in [-0.39, 0.29) is 0 Å². The van der Waals surface area contributed by atoms with Gasteiger partial charge in [-0.3, -0.25) is 0 Å². The Hall–Kier alpha value is -1.13. The van der Waals surface area contributed by atoms with Crippen molar-refractivity contribution in [2.75, 3.05) is 25.2 Å². The van der Waals surface area contributed by atoms with Crippen molar-refractivity contribution in [1.82, 2.24) is 4.98 Å². The molecule has 1 aromatic rings. The maximum Gasteiger partial charge on any atom is 0.129 e. The van der Waals surface area contributed by atoms with E-state index >= 15 is 0 Å². The van der Waals surface area contributed by atoms with Crippen molar-refractivity contribution in [3.05, 3.63) is 23.9 Å². The number of hydrogen-bond donors (Lipinski definition) is 1. The number of nitrogens with two attached hydrogens (primary N) is 1. The lowest BCUT2D eigenvalue weighted by Crippen LogP contribution is -2.36. The molecule has 0 aliphatic carbocycles. The Morgan fingerprint density at radius 2 is 2.25 bits per heavy atom. The fourth-order valence-corrected chi connectivity index (χ4v) is 1.77. The van der Waals surface area contributed by atoms with Crippen LogP contribution in [0.15, 0.2) is 18.2 Å². The SMILES string of the molecule is CCN(c1cccc(CN)n1)C(C)COC. The first kappa shape index (κ1) is 12.9. The summed E-state index contributed by atoms with van der Waals surface area (Å²) in [6, 6.07) is 6.26. The average Bonchev–Trinajstić information content (AvgIpc) is 2.31. The summed E-state index contributed by atoms with van der Waals surface area (Å²) in [6.45, 7) is 6.32. The molecule has 4 heteroatoms. The zero-order valence-corrected chi connectivity index (χ0v) is 10.3. The van der Waals surface area contributed by atoms with Gasteiger partial charge >= 0.3 is 0 Å². The van der Waals surface area contributed by atoms with Gasteiger partial charge in [-0.25, -0.2) is 4.98 Å². The molecule has 1 rings (SSSR count). The van der Waals surface area contributed by atoms with Crippen LogP contribution in [0.5, 0.6) is 0 Å². The minimum atomic E-state index is 0.315. The van der Waals surface area contributed by atoms with Crippen molar-refractivity contribution >= 4 is 5.82 Å². The van der Waals surface area contributed by atoms with Gasteiger partial charge in [0, 0.05) is 20.2 Å². The van der Waals surface area contributed by atoms with Gasteiger partial charge in [-0.1, -0.05) is 6.07 Å². The summed E-state index contributed by atoms with van der Waals surface area (Å²) in [6.07, 6.45) is 0. The number of rotatable bonds is 6. The van der Waals surface area contributed by atoms with E-state index in [0.717, 1.165) is 18.1 Å². The molecule has 1 atom stereocenters. The van der Waals surface area contributed by atoms with E-state index in [1.807, 2.05) is 18.2 Å². The van der Waals surface area contributed by atoms with Crippen molar-refractivity contribution in [2.24, 2.45) is 5.73 Å². The molecule has 0 aromatic carbocycles. The van der Waals surface area contributed by atoms with E-state index in [4.69, 9.17) is 10.5 Å². The van der Waals surface area contributed by atoms with Crippen LogP contribution in [-0.4, -0.2) is 31.3 Å². The highest BCUT2D eigenvalue weighted by Crippen LogP contribution is 2.14. The van der Waals surface area contributed by atoms with Crippen molar-refractivity contribution in [1.29, 1.82) is 0 Å². The van der Waals surface area contributed by atoms with E-state index in [2.05, 4.69) is 23.7 Å². The fourth-order valence-electron chi connectivity index (χ4n) is 1.77. The molecule has 0 radical (unpaired) electrons. The van der Waals surface area contributed by atoms with Crippen LogP contribution in [0.2, 0.25) is 0 Å². The second-order valence-corrected chi connectivity index (χ2v) is 3.78. The quantitative estimate of drug-likeness (QED) is 0.792. The van der Waals surface area contributed by atoms with Gasteiger partial charge in [0.15, 0.2) is 0 Å². The van der Waals surface area contributed by atoms with Gasteiger partial charge in [-0.2, -0.15) is 0 Å². The molecule has 0 aliphatic heterocycles.